The first-order valence-corrected chi connectivity index (χ1v) is 9.86. The maximum Gasteiger partial charge on any atom is 0.250 e. The number of sulfone groups is 1. The van der Waals surface area contributed by atoms with Gasteiger partial charge in [0.2, 0.25) is 15.0 Å². The number of hydrogen-bond donors (Lipinski definition) is 1. The molecule has 7 heteroatoms. The van der Waals surface area contributed by atoms with E-state index < -0.39 is 9.84 Å². The maximum absolute atomic E-state index is 12.9. The van der Waals surface area contributed by atoms with Crippen LogP contribution in [0.3, 0.4) is 0 Å². The predicted molar refractivity (Wildman–Crippen MR) is 94.1 cm³/mol. The van der Waals surface area contributed by atoms with E-state index in [2.05, 4.69) is 10.2 Å². The first-order valence-electron chi connectivity index (χ1n) is 8.21. The summed E-state index contributed by atoms with van der Waals surface area (Å²) < 4.78 is 27.4. The Bertz CT molecular complexity index is 797. The fourth-order valence-corrected chi connectivity index (χ4v) is 4.03. The molecule has 132 valence electrons. The minimum absolute atomic E-state index is 0.0107. The van der Waals surface area contributed by atoms with Crippen molar-refractivity contribution in [1.82, 2.24) is 14.8 Å². The van der Waals surface area contributed by atoms with Crippen molar-refractivity contribution in [3.63, 3.8) is 0 Å². The second kappa shape index (κ2) is 7.44. The van der Waals surface area contributed by atoms with Crippen molar-refractivity contribution in [3.05, 3.63) is 41.2 Å². The lowest BCUT2D eigenvalue weighted by molar-refractivity contribution is 0.454. The van der Waals surface area contributed by atoms with E-state index >= 15 is 0 Å². The minimum atomic E-state index is -3.59. The highest BCUT2D eigenvalue weighted by Gasteiger charge is 2.27. The van der Waals surface area contributed by atoms with Crippen molar-refractivity contribution in [2.24, 2.45) is 11.7 Å². The molecule has 0 amide bonds. The highest BCUT2D eigenvalue weighted by atomic mass is 32.2. The van der Waals surface area contributed by atoms with E-state index in [0.29, 0.717) is 18.8 Å². The largest absolute Gasteiger partial charge is 0.321 e. The van der Waals surface area contributed by atoms with Gasteiger partial charge in [0.1, 0.15) is 0 Å². The van der Waals surface area contributed by atoms with Crippen LogP contribution in [0.1, 0.15) is 50.2 Å². The fourth-order valence-electron chi connectivity index (χ4n) is 2.61. The third kappa shape index (κ3) is 4.21. The third-order valence-electron chi connectivity index (χ3n) is 3.78. The molecule has 1 aromatic carbocycles. The van der Waals surface area contributed by atoms with Gasteiger partial charge < -0.3 is 10.3 Å². The van der Waals surface area contributed by atoms with Crippen LogP contribution in [0.5, 0.6) is 0 Å². The van der Waals surface area contributed by atoms with Crippen molar-refractivity contribution in [2.75, 3.05) is 0 Å². The van der Waals surface area contributed by atoms with E-state index in [0.717, 1.165) is 11.1 Å². The lowest BCUT2D eigenvalue weighted by Gasteiger charge is -2.15. The second-order valence-corrected chi connectivity index (χ2v) is 8.49. The van der Waals surface area contributed by atoms with Crippen LogP contribution in [-0.2, 0) is 22.1 Å². The summed E-state index contributed by atoms with van der Waals surface area (Å²) in [5.74, 6) is 0.706. The number of nitrogens with two attached hydrogens (primary N) is 1. The first-order chi connectivity index (χ1) is 11.2. The Morgan fingerprint density at radius 3 is 2.54 bits per heavy atom. The molecule has 0 aliphatic heterocycles. The number of nitrogens with zero attached hydrogens (tertiary/aromatic N) is 3. The summed E-state index contributed by atoms with van der Waals surface area (Å²) in [6.07, 6.45) is 0.675. The van der Waals surface area contributed by atoms with Gasteiger partial charge in [-0.25, -0.2) is 8.42 Å². The van der Waals surface area contributed by atoms with Crippen LogP contribution in [0.25, 0.3) is 0 Å². The Kier molecular flexibility index (Phi) is 5.77. The van der Waals surface area contributed by atoms with Gasteiger partial charge in [0.15, 0.2) is 5.82 Å². The zero-order valence-electron chi connectivity index (χ0n) is 14.7. The molecule has 1 unspecified atom stereocenters. The molecule has 0 aliphatic rings. The van der Waals surface area contributed by atoms with Crippen molar-refractivity contribution in [2.45, 2.75) is 57.6 Å². The van der Waals surface area contributed by atoms with E-state index in [-0.39, 0.29) is 22.9 Å². The van der Waals surface area contributed by atoms with Gasteiger partial charge in [-0.15, -0.1) is 10.2 Å². The summed E-state index contributed by atoms with van der Waals surface area (Å²) in [4.78, 5) is 0. The Morgan fingerprint density at radius 1 is 1.25 bits per heavy atom. The Labute approximate surface area is 144 Å². The Hall–Kier alpha value is -1.73. The molecule has 0 bridgehead atoms. The molecule has 2 aromatic rings. The lowest BCUT2D eigenvalue weighted by Crippen LogP contribution is -2.21. The molecule has 0 fully saturated rings. The van der Waals surface area contributed by atoms with Crippen molar-refractivity contribution >= 4 is 9.84 Å². The molecule has 1 atom stereocenters. The summed E-state index contributed by atoms with van der Waals surface area (Å²) in [5, 5.41) is 8.06. The van der Waals surface area contributed by atoms with Crippen molar-refractivity contribution in [1.29, 1.82) is 0 Å². The lowest BCUT2D eigenvalue weighted by atomic mass is 10.2. The van der Waals surface area contributed by atoms with E-state index in [1.165, 1.54) is 0 Å². The van der Waals surface area contributed by atoms with Crippen LogP contribution < -0.4 is 5.73 Å². The molecule has 0 radical (unpaired) electrons. The van der Waals surface area contributed by atoms with Gasteiger partial charge in [-0.05, 0) is 24.8 Å². The zero-order chi connectivity index (χ0) is 17.9. The summed E-state index contributed by atoms with van der Waals surface area (Å²) in [5.41, 5.74) is 7.86. The molecule has 24 heavy (non-hydrogen) atoms. The molecule has 2 rings (SSSR count). The molecule has 2 N–H and O–H groups in total. The molecule has 1 aromatic heterocycles. The van der Waals surface area contributed by atoms with E-state index in [9.17, 15) is 8.42 Å². The van der Waals surface area contributed by atoms with Crippen LogP contribution in [0.4, 0.5) is 0 Å². The normalized spacial score (nSPS) is 13.4. The summed E-state index contributed by atoms with van der Waals surface area (Å²) in [6, 6.07) is 7.16. The number of aromatic nitrogens is 3. The van der Waals surface area contributed by atoms with Gasteiger partial charge in [0.25, 0.3) is 0 Å². The number of hydrogen-bond acceptors (Lipinski definition) is 5. The number of benzene rings is 1. The maximum atomic E-state index is 12.9. The SMILES string of the molecule is CCC(N)c1nnc(S(=O)(=O)Cc2cccc(C)c2)n1CC(C)C. The highest BCUT2D eigenvalue weighted by Crippen LogP contribution is 2.21. The molecule has 0 saturated heterocycles. The van der Waals surface area contributed by atoms with Crippen LogP contribution in [-0.4, -0.2) is 23.2 Å². The van der Waals surface area contributed by atoms with Crippen molar-refractivity contribution in [3.8, 4) is 0 Å². The Morgan fingerprint density at radius 2 is 1.96 bits per heavy atom. The first kappa shape index (κ1) is 18.6. The van der Waals surface area contributed by atoms with E-state index in [1.807, 2.05) is 52.0 Å². The third-order valence-corrected chi connectivity index (χ3v) is 5.35. The monoisotopic (exact) mass is 350 g/mol. The quantitative estimate of drug-likeness (QED) is 0.829. The van der Waals surface area contributed by atoms with Crippen LogP contribution in [0.2, 0.25) is 0 Å². The smallest absolute Gasteiger partial charge is 0.250 e. The van der Waals surface area contributed by atoms with Gasteiger partial charge >= 0.3 is 0 Å². The summed E-state index contributed by atoms with van der Waals surface area (Å²) >= 11 is 0. The molecule has 1 heterocycles. The predicted octanol–water partition coefficient (Wildman–Crippen LogP) is 2.63. The zero-order valence-corrected chi connectivity index (χ0v) is 15.5. The van der Waals surface area contributed by atoms with Crippen LogP contribution in [0.15, 0.2) is 29.4 Å². The molecule has 0 spiro atoms. The number of aryl methyl sites for hydroxylation is 1. The average Bonchev–Trinajstić information content (AvgIpc) is 2.89. The summed E-state index contributed by atoms with van der Waals surface area (Å²) in [6.45, 7) is 8.46. The van der Waals surface area contributed by atoms with Crippen LogP contribution in [0, 0.1) is 12.8 Å². The standard InChI is InChI=1S/C17H26N4O2S/c1-5-15(18)16-19-20-17(21(16)10-12(2)3)24(22,23)11-14-8-6-7-13(4)9-14/h6-9,12,15H,5,10-11,18H2,1-4H3. The van der Waals surface area contributed by atoms with E-state index in [1.54, 1.807) is 4.57 Å². The van der Waals surface area contributed by atoms with Gasteiger partial charge in [0.05, 0.1) is 11.8 Å². The van der Waals surface area contributed by atoms with Gasteiger partial charge in [-0.2, -0.15) is 0 Å². The highest BCUT2D eigenvalue weighted by molar-refractivity contribution is 7.90. The second-order valence-electron chi connectivity index (χ2n) is 6.61. The van der Waals surface area contributed by atoms with E-state index in [4.69, 9.17) is 5.73 Å². The molecule has 0 saturated carbocycles. The fraction of sp³-hybridized carbons (Fsp3) is 0.529. The minimum Gasteiger partial charge on any atom is -0.321 e. The molecular weight excluding hydrogens is 324 g/mol. The van der Waals surface area contributed by atoms with Gasteiger partial charge in [-0.3, -0.25) is 0 Å². The molecule has 6 nitrogen and oxygen atoms in total. The van der Waals surface area contributed by atoms with Crippen molar-refractivity contribution < 1.29 is 8.42 Å². The van der Waals surface area contributed by atoms with Gasteiger partial charge in [0, 0.05) is 6.54 Å². The summed E-state index contributed by atoms with van der Waals surface area (Å²) in [7, 11) is -3.59. The number of rotatable bonds is 7. The molecule has 0 aliphatic carbocycles. The Balaban J connectivity index is 2.44. The van der Waals surface area contributed by atoms with Crippen LogP contribution >= 0.6 is 0 Å². The van der Waals surface area contributed by atoms with Gasteiger partial charge in [-0.1, -0.05) is 50.6 Å². The topological polar surface area (TPSA) is 90.9 Å². The molecular formula is C17H26N4O2S. The average molecular weight is 350 g/mol.